The quantitative estimate of drug-likeness (QED) is 0.908. The third-order valence-corrected chi connectivity index (χ3v) is 4.23. The van der Waals surface area contributed by atoms with E-state index in [1.165, 1.54) is 6.42 Å². The van der Waals surface area contributed by atoms with Gasteiger partial charge in [-0.15, -0.1) is 5.10 Å². The predicted octanol–water partition coefficient (Wildman–Crippen LogP) is 3.09. The standard InChI is InChI=1S/C15H18Cl2N4O/c16-12-3-4-15(14(17)6-12)21-9-13(19-20-21)8-18-7-11-2-1-5-22-10-11/h3-4,6,9,11,18H,1-2,5,7-8,10H2/t11-/m0/s1. The zero-order valence-corrected chi connectivity index (χ0v) is 13.6. The molecule has 0 radical (unpaired) electrons. The van der Waals surface area contributed by atoms with Crippen molar-refractivity contribution in [1.82, 2.24) is 20.3 Å². The summed E-state index contributed by atoms with van der Waals surface area (Å²) < 4.78 is 7.14. The van der Waals surface area contributed by atoms with Crippen molar-refractivity contribution in [1.29, 1.82) is 0 Å². The Hall–Kier alpha value is -1.14. The van der Waals surface area contributed by atoms with Crippen molar-refractivity contribution >= 4 is 23.2 Å². The number of aromatic nitrogens is 3. The van der Waals surface area contributed by atoms with Gasteiger partial charge in [-0.1, -0.05) is 28.4 Å². The molecule has 7 heteroatoms. The second-order valence-corrected chi connectivity index (χ2v) is 6.31. The van der Waals surface area contributed by atoms with Gasteiger partial charge in [0.25, 0.3) is 0 Å². The fourth-order valence-corrected chi connectivity index (χ4v) is 3.03. The van der Waals surface area contributed by atoms with Crippen molar-refractivity contribution in [2.24, 2.45) is 5.92 Å². The van der Waals surface area contributed by atoms with Crippen LogP contribution in [-0.2, 0) is 11.3 Å². The molecular formula is C15H18Cl2N4O. The van der Waals surface area contributed by atoms with Gasteiger partial charge in [0.2, 0.25) is 0 Å². The first-order chi connectivity index (χ1) is 10.7. The van der Waals surface area contributed by atoms with Crippen LogP contribution in [0.25, 0.3) is 5.69 Å². The van der Waals surface area contributed by atoms with Gasteiger partial charge in [-0.05, 0) is 37.0 Å². The van der Waals surface area contributed by atoms with Crippen molar-refractivity contribution in [2.75, 3.05) is 19.8 Å². The normalized spacial score (nSPS) is 18.5. The molecule has 1 aliphatic heterocycles. The largest absolute Gasteiger partial charge is 0.381 e. The molecule has 0 unspecified atom stereocenters. The lowest BCUT2D eigenvalue weighted by Crippen LogP contribution is -2.28. The SMILES string of the molecule is Clc1ccc(-n2cc(CNC[C@@H]3CCCOC3)nn2)c(Cl)c1. The molecule has 0 bridgehead atoms. The van der Waals surface area contributed by atoms with E-state index >= 15 is 0 Å². The average Bonchev–Trinajstić information content (AvgIpc) is 2.97. The summed E-state index contributed by atoms with van der Waals surface area (Å²) in [6.07, 6.45) is 4.25. The lowest BCUT2D eigenvalue weighted by atomic mass is 10.0. The molecule has 3 rings (SSSR count). The van der Waals surface area contributed by atoms with Crippen LogP contribution < -0.4 is 5.32 Å². The predicted molar refractivity (Wildman–Crippen MR) is 86.6 cm³/mol. The van der Waals surface area contributed by atoms with Crippen LogP contribution in [-0.4, -0.2) is 34.8 Å². The van der Waals surface area contributed by atoms with Gasteiger partial charge in [0.15, 0.2) is 0 Å². The Morgan fingerprint density at radius 2 is 2.27 bits per heavy atom. The summed E-state index contributed by atoms with van der Waals surface area (Å²) in [5, 5.41) is 12.8. The molecule has 0 saturated carbocycles. The molecule has 1 N–H and O–H groups in total. The van der Waals surface area contributed by atoms with Crippen molar-refractivity contribution in [3.63, 3.8) is 0 Å². The molecular weight excluding hydrogens is 323 g/mol. The maximum Gasteiger partial charge on any atom is 0.0969 e. The summed E-state index contributed by atoms with van der Waals surface area (Å²) in [5.74, 6) is 0.592. The number of ether oxygens (including phenoxy) is 1. The van der Waals surface area contributed by atoms with Crippen LogP contribution in [0.3, 0.4) is 0 Å². The Kier molecular flexibility index (Phi) is 5.31. The molecule has 1 aromatic heterocycles. The topological polar surface area (TPSA) is 52.0 Å². The fraction of sp³-hybridized carbons (Fsp3) is 0.467. The first kappa shape index (κ1) is 15.7. The smallest absolute Gasteiger partial charge is 0.0969 e. The van der Waals surface area contributed by atoms with Gasteiger partial charge >= 0.3 is 0 Å². The zero-order chi connectivity index (χ0) is 15.4. The molecule has 2 heterocycles. The van der Waals surface area contributed by atoms with E-state index in [-0.39, 0.29) is 0 Å². The van der Waals surface area contributed by atoms with Gasteiger partial charge in [-0.3, -0.25) is 0 Å². The summed E-state index contributed by atoms with van der Waals surface area (Å²) >= 11 is 12.1. The van der Waals surface area contributed by atoms with Crippen LogP contribution in [0.15, 0.2) is 24.4 Å². The van der Waals surface area contributed by atoms with Crippen LogP contribution in [0, 0.1) is 5.92 Å². The monoisotopic (exact) mass is 340 g/mol. The minimum atomic E-state index is 0.552. The Labute approximate surface area is 139 Å². The van der Waals surface area contributed by atoms with E-state index in [9.17, 15) is 0 Å². The average molecular weight is 341 g/mol. The van der Waals surface area contributed by atoms with Crippen LogP contribution >= 0.6 is 23.2 Å². The van der Waals surface area contributed by atoms with Crippen LogP contribution in [0.5, 0.6) is 0 Å². The maximum atomic E-state index is 6.18. The Morgan fingerprint density at radius 1 is 1.36 bits per heavy atom. The number of nitrogens with one attached hydrogen (secondary N) is 1. The van der Waals surface area contributed by atoms with Crippen LogP contribution in [0.2, 0.25) is 10.0 Å². The van der Waals surface area contributed by atoms with Crippen molar-refractivity contribution in [3.8, 4) is 5.69 Å². The fourth-order valence-electron chi connectivity index (χ4n) is 2.54. The molecule has 22 heavy (non-hydrogen) atoms. The van der Waals surface area contributed by atoms with Crippen molar-refractivity contribution in [2.45, 2.75) is 19.4 Å². The summed E-state index contributed by atoms with van der Waals surface area (Å²) in [4.78, 5) is 0. The Morgan fingerprint density at radius 3 is 3.05 bits per heavy atom. The molecule has 1 aliphatic rings. The Bertz CT molecular complexity index is 626. The number of nitrogens with zero attached hydrogens (tertiary/aromatic N) is 3. The van der Waals surface area contributed by atoms with E-state index in [0.29, 0.717) is 22.5 Å². The molecule has 0 amide bonds. The third kappa shape index (κ3) is 3.98. The number of hydrogen-bond acceptors (Lipinski definition) is 4. The zero-order valence-electron chi connectivity index (χ0n) is 12.1. The van der Waals surface area contributed by atoms with Gasteiger partial charge in [-0.25, -0.2) is 4.68 Å². The van der Waals surface area contributed by atoms with Gasteiger partial charge in [0.1, 0.15) is 0 Å². The summed E-state index contributed by atoms with van der Waals surface area (Å²) in [7, 11) is 0. The van der Waals surface area contributed by atoms with Crippen LogP contribution in [0.1, 0.15) is 18.5 Å². The lowest BCUT2D eigenvalue weighted by molar-refractivity contribution is 0.0547. The van der Waals surface area contributed by atoms with Gasteiger partial charge in [-0.2, -0.15) is 0 Å². The summed E-state index contributed by atoms with van der Waals surface area (Å²) in [6.45, 7) is 3.36. The lowest BCUT2D eigenvalue weighted by Gasteiger charge is -2.21. The number of benzene rings is 1. The summed E-state index contributed by atoms with van der Waals surface area (Å²) in [6, 6.07) is 5.31. The molecule has 1 saturated heterocycles. The highest BCUT2D eigenvalue weighted by Crippen LogP contribution is 2.23. The highest BCUT2D eigenvalue weighted by atomic mass is 35.5. The molecule has 1 fully saturated rings. The minimum Gasteiger partial charge on any atom is -0.381 e. The minimum absolute atomic E-state index is 0.552. The van der Waals surface area contributed by atoms with Gasteiger partial charge in [0, 0.05) is 24.7 Å². The van der Waals surface area contributed by atoms with E-state index < -0.39 is 0 Å². The first-order valence-corrected chi connectivity index (χ1v) is 8.13. The number of halogens is 2. The summed E-state index contributed by atoms with van der Waals surface area (Å²) in [5.41, 5.74) is 1.65. The number of rotatable bonds is 5. The van der Waals surface area contributed by atoms with E-state index in [1.807, 2.05) is 12.3 Å². The second kappa shape index (κ2) is 7.42. The van der Waals surface area contributed by atoms with Gasteiger partial charge in [0.05, 0.1) is 29.2 Å². The molecule has 118 valence electrons. The molecule has 1 atom stereocenters. The second-order valence-electron chi connectivity index (χ2n) is 5.46. The molecule has 2 aromatic rings. The van der Waals surface area contributed by atoms with Crippen molar-refractivity contribution < 1.29 is 4.74 Å². The van der Waals surface area contributed by atoms with E-state index in [1.54, 1.807) is 16.8 Å². The highest BCUT2D eigenvalue weighted by molar-refractivity contribution is 6.35. The Balaban J connectivity index is 1.56. The van der Waals surface area contributed by atoms with E-state index in [4.69, 9.17) is 27.9 Å². The van der Waals surface area contributed by atoms with Gasteiger partial charge < -0.3 is 10.1 Å². The molecule has 5 nitrogen and oxygen atoms in total. The molecule has 0 spiro atoms. The van der Waals surface area contributed by atoms with E-state index in [2.05, 4.69) is 15.6 Å². The molecule has 0 aliphatic carbocycles. The van der Waals surface area contributed by atoms with Crippen LogP contribution in [0.4, 0.5) is 0 Å². The maximum absolute atomic E-state index is 6.18. The van der Waals surface area contributed by atoms with E-state index in [0.717, 1.165) is 37.6 Å². The number of hydrogen-bond donors (Lipinski definition) is 1. The molecule has 1 aromatic carbocycles. The highest BCUT2D eigenvalue weighted by Gasteiger charge is 2.13. The first-order valence-electron chi connectivity index (χ1n) is 7.37. The third-order valence-electron chi connectivity index (χ3n) is 3.69. The van der Waals surface area contributed by atoms with Crippen molar-refractivity contribution in [3.05, 3.63) is 40.1 Å².